The second-order valence-electron chi connectivity index (χ2n) is 8.39. The fourth-order valence-corrected chi connectivity index (χ4v) is 5.21. The molecular formula is C23H27NO. The summed E-state index contributed by atoms with van der Waals surface area (Å²) in [5, 5.41) is 3.68. The first-order valence-corrected chi connectivity index (χ1v) is 9.40. The number of ketones is 1. The minimum Gasteiger partial charge on any atom is -0.377 e. The van der Waals surface area contributed by atoms with Gasteiger partial charge in [-0.1, -0.05) is 69.3 Å². The van der Waals surface area contributed by atoms with E-state index in [1.165, 1.54) is 5.56 Å². The summed E-state index contributed by atoms with van der Waals surface area (Å²) in [4.78, 5) is 13.2. The van der Waals surface area contributed by atoms with Crippen LogP contribution in [0.3, 0.4) is 0 Å². The number of fused-ring (bicyclic) bond motifs is 2. The summed E-state index contributed by atoms with van der Waals surface area (Å²) in [5.74, 6) is 1.68. The Kier molecular flexibility index (Phi) is 3.94. The molecule has 2 bridgehead atoms. The van der Waals surface area contributed by atoms with Gasteiger partial charge in [0.2, 0.25) is 0 Å². The summed E-state index contributed by atoms with van der Waals surface area (Å²) in [6, 6.07) is 20.8. The molecule has 0 unspecified atom stereocenters. The molecule has 5 atom stereocenters. The number of hydrogen-bond acceptors (Lipinski definition) is 2. The van der Waals surface area contributed by atoms with Crippen molar-refractivity contribution in [1.82, 2.24) is 0 Å². The summed E-state index contributed by atoms with van der Waals surface area (Å²) in [6.45, 7) is 6.97. The van der Waals surface area contributed by atoms with E-state index in [1.807, 2.05) is 24.3 Å². The Morgan fingerprint density at radius 1 is 1.00 bits per heavy atom. The van der Waals surface area contributed by atoms with E-state index in [9.17, 15) is 4.79 Å². The standard InChI is InChI=1S/C23H27NO/c1-15-18-14-19(23(15,2)3)20(22(18)25)21(16-10-6-4-7-11-16)24-17-12-8-5-9-13-17/h4-13,15,18-21,24H,14H2,1-3H3/t15-,18+,19+,20+,21-/m0/s1. The molecule has 0 spiro atoms. The van der Waals surface area contributed by atoms with Crippen molar-refractivity contribution < 1.29 is 4.79 Å². The summed E-state index contributed by atoms with van der Waals surface area (Å²) in [5.41, 5.74) is 2.51. The monoisotopic (exact) mass is 333 g/mol. The smallest absolute Gasteiger partial charge is 0.142 e. The third-order valence-corrected chi connectivity index (χ3v) is 6.98. The Morgan fingerprint density at radius 2 is 1.60 bits per heavy atom. The third kappa shape index (κ3) is 2.59. The van der Waals surface area contributed by atoms with Crippen LogP contribution in [0.2, 0.25) is 0 Å². The van der Waals surface area contributed by atoms with Gasteiger partial charge in [0.1, 0.15) is 5.78 Å². The molecule has 2 aliphatic rings. The lowest BCUT2D eigenvalue weighted by Gasteiger charge is -2.43. The second kappa shape index (κ2) is 6.01. The normalized spacial score (nSPS) is 31.1. The zero-order valence-electron chi connectivity index (χ0n) is 15.3. The first-order valence-electron chi connectivity index (χ1n) is 9.40. The first-order chi connectivity index (χ1) is 12.0. The molecule has 0 radical (unpaired) electrons. The van der Waals surface area contributed by atoms with Gasteiger partial charge in [-0.15, -0.1) is 0 Å². The van der Waals surface area contributed by atoms with Gasteiger partial charge < -0.3 is 5.32 Å². The van der Waals surface area contributed by atoms with Gasteiger partial charge in [-0.2, -0.15) is 0 Å². The number of nitrogens with one attached hydrogen (secondary N) is 1. The Bertz CT molecular complexity index is 752. The summed E-state index contributed by atoms with van der Waals surface area (Å²) in [6.07, 6.45) is 1.05. The van der Waals surface area contributed by atoms with Crippen LogP contribution in [-0.4, -0.2) is 5.78 Å². The van der Waals surface area contributed by atoms with Gasteiger partial charge in [0.15, 0.2) is 0 Å². The molecule has 0 aromatic heterocycles. The predicted molar refractivity (Wildman–Crippen MR) is 102 cm³/mol. The lowest BCUT2D eigenvalue weighted by atomic mass is 9.62. The topological polar surface area (TPSA) is 29.1 Å². The molecule has 0 saturated heterocycles. The van der Waals surface area contributed by atoms with E-state index < -0.39 is 0 Å². The van der Waals surface area contributed by atoms with Crippen LogP contribution >= 0.6 is 0 Å². The molecule has 2 saturated carbocycles. The molecular weight excluding hydrogens is 306 g/mol. The minimum atomic E-state index is 0.0397. The molecule has 2 nitrogen and oxygen atoms in total. The van der Waals surface area contributed by atoms with Gasteiger partial charge in [-0.3, -0.25) is 4.79 Å². The molecule has 0 amide bonds. The highest BCUT2D eigenvalue weighted by Gasteiger charge is 2.61. The molecule has 2 aromatic carbocycles. The average Bonchev–Trinajstić information content (AvgIpc) is 3.08. The number of rotatable bonds is 4. The quantitative estimate of drug-likeness (QED) is 0.818. The second-order valence-corrected chi connectivity index (χ2v) is 8.39. The van der Waals surface area contributed by atoms with Crippen LogP contribution in [0.25, 0.3) is 0 Å². The van der Waals surface area contributed by atoms with E-state index in [-0.39, 0.29) is 23.3 Å². The fourth-order valence-electron chi connectivity index (χ4n) is 5.21. The molecule has 25 heavy (non-hydrogen) atoms. The lowest BCUT2D eigenvalue weighted by molar-refractivity contribution is -0.131. The zero-order valence-corrected chi connectivity index (χ0v) is 15.3. The van der Waals surface area contributed by atoms with Gasteiger partial charge in [-0.05, 0) is 41.4 Å². The first kappa shape index (κ1) is 16.4. The highest BCUT2D eigenvalue weighted by atomic mass is 16.1. The Labute approximate surface area is 150 Å². The van der Waals surface area contributed by atoms with E-state index >= 15 is 0 Å². The Hall–Kier alpha value is -2.09. The molecule has 1 N–H and O–H groups in total. The fraction of sp³-hybridized carbons (Fsp3) is 0.435. The van der Waals surface area contributed by atoms with Crippen molar-refractivity contribution in [3.05, 3.63) is 66.2 Å². The molecule has 0 aliphatic heterocycles. The number of anilines is 1. The van der Waals surface area contributed by atoms with Crippen LogP contribution < -0.4 is 5.32 Å². The van der Waals surface area contributed by atoms with Crippen molar-refractivity contribution >= 4 is 11.5 Å². The Morgan fingerprint density at radius 3 is 2.20 bits per heavy atom. The van der Waals surface area contributed by atoms with E-state index in [2.05, 4.69) is 62.5 Å². The van der Waals surface area contributed by atoms with Gasteiger partial charge in [0.05, 0.1) is 6.04 Å². The number of hydrogen-bond donors (Lipinski definition) is 1. The molecule has 0 heterocycles. The Balaban J connectivity index is 1.73. The third-order valence-electron chi connectivity index (χ3n) is 6.98. The highest BCUT2D eigenvalue weighted by molar-refractivity contribution is 5.89. The van der Waals surface area contributed by atoms with Crippen molar-refractivity contribution in [3.8, 4) is 0 Å². The molecule has 2 fully saturated rings. The molecule has 130 valence electrons. The minimum absolute atomic E-state index is 0.0397. The van der Waals surface area contributed by atoms with Crippen LogP contribution in [0.4, 0.5) is 5.69 Å². The van der Waals surface area contributed by atoms with Crippen molar-refractivity contribution in [2.24, 2.45) is 29.1 Å². The molecule has 2 aromatic rings. The van der Waals surface area contributed by atoms with Crippen molar-refractivity contribution in [2.45, 2.75) is 33.2 Å². The predicted octanol–water partition coefficient (Wildman–Crippen LogP) is 5.34. The van der Waals surface area contributed by atoms with Crippen LogP contribution in [-0.2, 0) is 4.79 Å². The maximum Gasteiger partial charge on any atom is 0.142 e. The number of Topliss-reactive ketones (excluding diaryl/α,β-unsaturated/α-hetero) is 1. The SMILES string of the molecule is C[C@H]1[C@H]2C[C@H]([C@H]([C@@H](Nc3ccccc3)c3ccccc3)C2=O)C1(C)C. The van der Waals surface area contributed by atoms with E-state index in [4.69, 9.17) is 0 Å². The largest absolute Gasteiger partial charge is 0.377 e. The zero-order chi connectivity index (χ0) is 17.6. The van der Waals surface area contributed by atoms with Crippen LogP contribution in [0, 0.1) is 29.1 Å². The number of para-hydroxylation sites is 1. The van der Waals surface area contributed by atoms with Crippen LogP contribution in [0.5, 0.6) is 0 Å². The van der Waals surface area contributed by atoms with Crippen molar-refractivity contribution in [3.63, 3.8) is 0 Å². The van der Waals surface area contributed by atoms with Gasteiger partial charge in [-0.25, -0.2) is 0 Å². The van der Waals surface area contributed by atoms with Crippen LogP contribution in [0.15, 0.2) is 60.7 Å². The average molecular weight is 333 g/mol. The number of carbonyl (C=O) groups is 1. The molecule has 2 heteroatoms. The number of carbonyl (C=O) groups excluding carboxylic acids is 1. The van der Waals surface area contributed by atoms with Crippen LogP contribution in [0.1, 0.15) is 38.8 Å². The number of benzene rings is 2. The van der Waals surface area contributed by atoms with E-state index in [1.54, 1.807) is 0 Å². The molecule has 2 aliphatic carbocycles. The maximum atomic E-state index is 13.2. The maximum absolute atomic E-state index is 13.2. The highest BCUT2D eigenvalue weighted by Crippen LogP contribution is 2.62. The lowest BCUT2D eigenvalue weighted by Crippen LogP contribution is -2.43. The van der Waals surface area contributed by atoms with Gasteiger partial charge >= 0.3 is 0 Å². The van der Waals surface area contributed by atoms with Crippen molar-refractivity contribution in [2.75, 3.05) is 5.32 Å². The van der Waals surface area contributed by atoms with E-state index in [0.717, 1.165) is 12.1 Å². The summed E-state index contributed by atoms with van der Waals surface area (Å²) >= 11 is 0. The molecule has 4 rings (SSSR count). The van der Waals surface area contributed by atoms with Gasteiger partial charge in [0, 0.05) is 17.5 Å². The summed E-state index contributed by atoms with van der Waals surface area (Å²) < 4.78 is 0. The summed E-state index contributed by atoms with van der Waals surface area (Å²) in [7, 11) is 0. The van der Waals surface area contributed by atoms with E-state index in [0.29, 0.717) is 17.6 Å². The van der Waals surface area contributed by atoms with Crippen molar-refractivity contribution in [1.29, 1.82) is 0 Å². The van der Waals surface area contributed by atoms with Gasteiger partial charge in [0.25, 0.3) is 0 Å².